The molecule has 0 bridgehead atoms. The fourth-order valence-corrected chi connectivity index (χ4v) is 4.57. The number of anilines is 2. The fourth-order valence-electron chi connectivity index (χ4n) is 4.57. The van der Waals surface area contributed by atoms with E-state index in [4.69, 9.17) is 0 Å². The molecule has 0 unspecified atom stereocenters. The van der Waals surface area contributed by atoms with Crippen molar-refractivity contribution in [3.63, 3.8) is 0 Å². The Hall–Kier alpha value is -3.70. The molecule has 2 saturated heterocycles. The maximum absolute atomic E-state index is 13.1. The topological polar surface area (TPSA) is 87.5 Å². The van der Waals surface area contributed by atoms with E-state index in [2.05, 4.69) is 20.0 Å². The highest BCUT2D eigenvalue weighted by molar-refractivity contribution is 6.00. The van der Waals surface area contributed by atoms with E-state index < -0.39 is 17.7 Å². The number of alkyl halides is 3. The molecule has 0 radical (unpaired) electrons. The Kier molecular flexibility index (Phi) is 5.37. The number of benzene rings is 1. The minimum atomic E-state index is -4.50. The second kappa shape index (κ2) is 8.26. The van der Waals surface area contributed by atoms with E-state index in [9.17, 15) is 22.8 Å². The number of hydrogen-bond donors (Lipinski definition) is 0. The van der Waals surface area contributed by atoms with Crippen LogP contribution >= 0.6 is 0 Å². The van der Waals surface area contributed by atoms with Gasteiger partial charge >= 0.3 is 6.18 Å². The summed E-state index contributed by atoms with van der Waals surface area (Å²) in [5.41, 5.74) is 0.0583. The number of rotatable bonds is 3. The molecule has 0 spiro atoms. The highest BCUT2D eigenvalue weighted by Gasteiger charge is 2.39. The molecule has 4 heterocycles. The first kappa shape index (κ1) is 22.1. The van der Waals surface area contributed by atoms with E-state index in [1.165, 1.54) is 23.4 Å². The number of nitrogens with zero attached hydrogens (tertiary/aromatic N) is 7. The molecule has 12 heteroatoms. The van der Waals surface area contributed by atoms with Gasteiger partial charge in [-0.1, -0.05) is 6.07 Å². The van der Waals surface area contributed by atoms with Gasteiger partial charge in [-0.3, -0.25) is 14.3 Å². The van der Waals surface area contributed by atoms with Crippen LogP contribution < -0.4 is 9.80 Å². The lowest BCUT2D eigenvalue weighted by Crippen LogP contribution is -2.51. The van der Waals surface area contributed by atoms with Crippen LogP contribution in [0.1, 0.15) is 12.0 Å². The standard InChI is InChI=1S/C22H22F3N7O2/c1-29-19-17(11-28-29)20(27-13-26-19)30-5-7-31(8-6-30)21(34)14-9-18(33)32(12-14)16-4-2-3-15(10-16)22(23,24)25/h2-4,10-11,13-14H,5-9,12H2,1H3/t14-/m1/s1. The van der Waals surface area contributed by atoms with Gasteiger partial charge in [0.2, 0.25) is 11.8 Å². The first-order valence-electron chi connectivity index (χ1n) is 10.9. The fraction of sp³-hybridized carbons (Fsp3) is 0.409. The Bertz CT molecular complexity index is 1250. The Morgan fingerprint density at radius 3 is 2.62 bits per heavy atom. The molecule has 3 aromatic rings. The van der Waals surface area contributed by atoms with Crippen LogP contribution in [0, 0.1) is 5.92 Å². The molecule has 2 aromatic heterocycles. The molecule has 2 aliphatic rings. The summed E-state index contributed by atoms with van der Waals surface area (Å²) in [4.78, 5) is 39.4. The van der Waals surface area contributed by atoms with Crippen LogP contribution in [-0.4, -0.2) is 69.2 Å². The van der Waals surface area contributed by atoms with Crippen molar-refractivity contribution >= 4 is 34.4 Å². The highest BCUT2D eigenvalue weighted by atomic mass is 19.4. The van der Waals surface area contributed by atoms with Crippen molar-refractivity contribution in [2.24, 2.45) is 13.0 Å². The number of carbonyl (C=O) groups excluding carboxylic acids is 2. The van der Waals surface area contributed by atoms with Gasteiger partial charge in [0, 0.05) is 51.9 Å². The third-order valence-electron chi connectivity index (χ3n) is 6.36. The van der Waals surface area contributed by atoms with Crippen LogP contribution in [0.3, 0.4) is 0 Å². The summed E-state index contributed by atoms with van der Waals surface area (Å²) in [7, 11) is 1.81. The molecular weight excluding hydrogens is 451 g/mol. The van der Waals surface area contributed by atoms with Crippen LogP contribution in [0.15, 0.2) is 36.8 Å². The second-order valence-corrected chi connectivity index (χ2v) is 8.47. The van der Waals surface area contributed by atoms with Crippen LogP contribution in [0.2, 0.25) is 0 Å². The highest BCUT2D eigenvalue weighted by Crippen LogP contribution is 2.34. The molecule has 0 saturated carbocycles. The number of halogens is 3. The molecule has 34 heavy (non-hydrogen) atoms. The smallest absolute Gasteiger partial charge is 0.352 e. The molecule has 0 aliphatic carbocycles. The first-order chi connectivity index (χ1) is 16.2. The summed E-state index contributed by atoms with van der Waals surface area (Å²) < 4.78 is 40.9. The van der Waals surface area contributed by atoms with E-state index in [1.807, 2.05) is 0 Å². The maximum atomic E-state index is 13.1. The molecule has 0 N–H and O–H groups in total. The van der Waals surface area contributed by atoms with Crippen molar-refractivity contribution in [2.45, 2.75) is 12.6 Å². The minimum absolute atomic E-state index is 0.0164. The van der Waals surface area contributed by atoms with Gasteiger partial charge in [0.05, 0.1) is 23.1 Å². The molecule has 2 amide bonds. The predicted molar refractivity (Wildman–Crippen MR) is 117 cm³/mol. The van der Waals surface area contributed by atoms with Gasteiger partial charge in [0.25, 0.3) is 0 Å². The predicted octanol–water partition coefficient (Wildman–Crippen LogP) is 2.08. The second-order valence-electron chi connectivity index (χ2n) is 8.47. The summed E-state index contributed by atoms with van der Waals surface area (Å²) in [5, 5.41) is 5.06. The summed E-state index contributed by atoms with van der Waals surface area (Å²) >= 11 is 0. The maximum Gasteiger partial charge on any atom is 0.416 e. The number of carbonyl (C=O) groups is 2. The van der Waals surface area contributed by atoms with Gasteiger partial charge in [0.1, 0.15) is 12.1 Å². The third-order valence-corrected chi connectivity index (χ3v) is 6.36. The molecule has 9 nitrogen and oxygen atoms in total. The summed E-state index contributed by atoms with van der Waals surface area (Å²) in [6.45, 7) is 2.11. The third kappa shape index (κ3) is 3.93. The van der Waals surface area contributed by atoms with Crippen molar-refractivity contribution in [3.8, 4) is 0 Å². The van der Waals surface area contributed by atoms with Crippen molar-refractivity contribution in [1.29, 1.82) is 0 Å². The van der Waals surface area contributed by atoms with Crippen molar-refractivity contribution in [2.75, 3.05) is 42.5 Å². The summed E-state index contributed by atoms with van der Waals surface area (Å²) in [5.74, 6) is -0.331. The van der Waals surface area contributed by atoms with E-state index in [0.717, 1.165) is 29.0 Å². The molecular formula is C22H22F3N7O2. The normalized spacial score (nSPS) is 19.4. The number of hydrogen-bond acceptors (Lipinski definition) is 6. The van der Waals surface area contributed by atoms with Crippen molar-refractivity contribution in [1.82, 2.24) is 24.6 Å². The number of aryl methyl sites for hydroxylation is 1. The molecule has 1 aromatic carbocycles. The molecule has 1 atom stereocenters. The van der Waals surface area contributed by atoms with E-state index in [0.29, 0.717) is 26.2 Å². The van der Waals surface area contributed by atoms with Gasteiger partial charge in [-0.2, -0.15) is 18.3 Å². The minimum Gasteiger partial charge on any atom is -0.352 e. The summed E-state index contributed by atoms with van der Waals surface area (Å²) in [6, 6.07) is 4.64. The number of fused-ring (bicyclic) bond motifs is 1. The van der Waals surface area contributed by atoms with Gasteiger partial charge in [-0.15, -0.1) is 0 Å². The largest absolute Gasteiger partial charge is 0.416 e. The van der Waals surface area contributed by atoms with Gasteiger partial charge in [-0.05, 0) is 18.2 Å². The quantitative estimate of drug-likeness (QED) is 0.579. The monoisotopic (exact) mass is 473 g/mol. The Morgan fingerprint density at radius 1 is 1.12 bits per heavy atom. The number of piperazine rings is 1. The Balaban J connectivity index is 1.24. The van der Waals surface area contributed by atoms with Crippen LogP contribution in [0.5, 0.6) is 0 Å². The van der Waals surface area contributed by atoms with E-state index in [-0.39, 0.29) is 30.5 Å². The SMILES string of the molecule is Cn1ncc2c(N3CCN(C(=O)[C@@H]4CC(=O)N(c5cccc(C(F)(F)F)c5)C4)CC3)ncnc21. The van der Waals surface area contributed by atoms with E-state index >= 15 is 0 Å². The molecule has 5 rings (SSSR count). The zero-order valence-electron chi connectivity index (χ0n) is 18.4. The lowest BCUT2D eigenvalue weighted by atomic mass is 10.1. The first-order valence-corrected chi connectivity index (χ1v) is 10.9. The lowest BCUT2D eigenvalue weighted by Gasteiger charge is -2.36. The van der Waals surface area contributed by atoms with Crippen LogP contribution in [0.25, 0.3) is 11.0 Å². The summed E-state index contributed by atoms with van der Waals surface area (Å²) in [6.07, 6.45) is -1.31. The van der Waals surface area contributed by atoms with Crippen molar-refractivity contribution < 1.29 is 22.8 Å². The van der Waals surface area contributed by atoms with Crippen molar-refractivity contribution in [3.05, 3.63) is 42.4 Å². The van der Waals surface area contributed by atoms with Gasteiger partial charge < -0.3 is 14.7 Å². The van der Waals surface area contributed by atoms with Crippen LogP contribution in [-0.2, 0) is 22.8 Å². The molecule has 2 fully saturated rings. The number of amides is 2. The zero-order chi connectivity index (χ0) is 24.0. The number of aromatic nitrogens is 4. The molecule has 2 aliphatic heterocycles. The Labute approximate surface area is 192 Å². The van der Waals surface area contributed by atoms with Crippen LogP contribution in [0.4, 0.5) is 24.7 Å². The zero-order valence-corrected chi connectivity index (χ0v) is 18.4. The lowest BCUT2D eigenvalue weighted by molar-refractivity contribution is -0.137. The Morgan fingerprint density at radius 2 is 1.88 bits per heavy atom. The van der Waals surface area contributed by atoms with Gasteiger partial charge in [0.15, 0.2) is 5.65 Å². The van der Waals surface area contributed by atoms with E-state index in [1.54, 1.807) is 22.8 Å². The van der Waals surface area contributed by atoms with Gasteiger partial charge in [-0.25, -0.2) is 9.97 Å². The average Bonchev–Trinajstić information content (AvgIpc) is 3.41. The molecule has 178 valence electrons. The average molecular weight is 473 g/mol.